The number of hydrogen-bond donors (Lipinski definition) is 2. The van der Waals surface area contributed by atoms with Crippen LogP contribution in [0.3, 0.4) is 0 Å². The SMILES string of the molecule is Cc1ccc2c(CCCc3cscn3)cccc2c1Oc1ncccc1-c1ccnc(N[C@H]2CCCNC2)n1. The van der Waals surface area contributed by atoms with Gasteiger partial charge < -0.3 is 15.4 Å². The fraction of sp³-hybridized carbons (Fsp3) is 0.290. The number of anilines is 1. The summed E-state index contributed by atoms with van der Waals surface area (Å²) in [6.07, 6.45) is 8.83. The van der Waals surface area contributed by atoms with E-state index in [9.17, 15) is 0 Å². The van der Waals surface area contributed by atoms with Crippen molar-refractivity contribution in [1.82, 2.24) is 25.3 Å². The van der Waals surface area contributed by atoms with Crippen molar-refractivity contribution >= 4 is 28.1 Å². The molecule has 0 amide bonds. The Morgan fingerprint density at radius 2 is 1.97 bits per heavy atom. The summed E-state index contributed by atoms with van der Waals surface area (Å²) >= 11 is 1.65. The number of rotatable bonds is 9. The highest BCUT2D eigenvalue weighted by atomic mass is 32.1. The Hall–Kier alpha value is -3.88. The van der Waals surface area contributed by atoms with Crippen molar-refractivity contribution in [1.29, 1.82) is 0 Å². The number of aryl methyl sites for hydroxylation is 3. The molecule has 5 aromatic rings. The van der Waals surface area contributed by atoms with Gasteiger partial charge in [0.2, 0.25) is 11.8 Å². The Labute approximate surface area is 232 Å². The molecule has 0 unspecified atom stereocenters. The number of aromatic nitrogens is 4. The predicted octanol–water partition coefficient (Wildman–Crippen LogP) is 6.59. The van der Waals surface area contributed by atoms with Gasteiger partial charge >= 0.3 is 0 Å². The van der Waals surface area contributed by atoms with Gasteiger partial charge in [-0.25, -0.2) is 19.9 Å². The maximum absolute atomic E-state index is 6.61. The zero-order valence-electron chi connectivity index (χ0n) is 22.1. The summed E-state index contributed by atoms with van der Waals surface area (Å²) in [4.78, 5) is 18.3. The first-order valence-corrected chi connectivity index (χ1v) is 14.5. The second kappa shape index (κ2) is 11.9. The van der Waals surface area contributed by atoms with Crippen LogP contribution in [-0.2, 0) is 12.8 Å². The molecule has 8 heteroatoms. The van der Waals surface area contributed by atoms with Crippen LogP contribution in [0.4, 0.5) is 5.95 Å². The summed E-state index contributed by atoms with van der Waals surface area (Å²) in [6, 6.07) is 17.0. The van der Waals surface area contributed by atoms with E-state index in [2.05, 4.69) is 68.2 Å². The number of benzene rings is 2. The lowest BCUT2D eigenvalue weighted by Gasteiger charge is -2.23. The molecule has 0 bridgehead atoms. The Balaban J connectivity index is 1.27. The van der Waals surface area contributed by atoms with Crippen molar-refractivity contribution in [2.45, 2.75) is 45.1 Å². The number of nitrogens with zero attached hydrogens (tertiary/aromatic N) is 4. The lowest BCUT2D eigenvalue weighted by Crippen LogP contribution is -2.38. The summed E-state index contributed by atoms with van der Waals surface area (Å²) in [5, 5.41) is 11.3. The van der Waals surface area contributed by atoms with Gasteiger partial charge in [-0.1, -0.05) is 30.3 Å². The van der Waals surface area contributed by atoms with E-state index in [-0.39, 0.29) is 0 Å². The molecule has 1 aliphatic rings. The molecule has 198 valence electrons. The van der Waals surface area contributed by atoms with Crippen LogP contribution in [0.1, 0.15) is 36.1 Å². The molecule has 1 aliphatic heterocycles. The van der Waals surface area contributed by atoms with Gasteiger partial charge in [0.1, 0.15) is 5.75 Å². The quantitative estimate of drug-likeness (QED) is 0.220. The average Bonchev–Trinajstić information content (AvgIpc) is 3.49. The minimum Gasteiger partial charge on any atom is -0.437 e. The summed E-state index contributed by atoms with van der Waals surface area (Å²) < 4.78 is 6.61. The topological polar surface area (TPSA) is 84.9 Å². The van der Waals surface area contributed by atoms with E-state index in [0.717, 1.165) is 73.2 Å². The van der Waals surface area contributed by atoms with Crippen LogP contribution in [0.2, 0.25) is 0 Å². The van der Waals surface area contributed by atoms with Gasteiger partial charge in [0.05, 0.1) is 22.5 Å². The number of nitrogens with one attached hydrogen (secondary N) is 2. The minimum atomic E-state index is 0.327. The third kappa shape index (κ3) is 5.92. The number of hydrogen-bond acceptors (Lipinski definition) is 8. The Morgan fingerprint density at radius 1 is 1.00 bits per heavy atom. The molecule has 1 saturated heterocycles. The van der Waals surface area contributed by atoms with Crippen LogP contribution in [0, 0.1) is 6.92 Å². The highest BCUT2D eigenvalue weighted by Gasteiger charge is 2.17. The van der Waals surface area contributed by atoms with E-state index < -0.39 is 0 Å². The first kappa shape index (κ1) is 25.4. The molecule has 7 nitrogen and oxygen atoms in total. The average molecular weight is 537 g/mol. The van der Waals surface area contributed by atoms with Gasteiger partial charge in [-0.2, -0.15) is 0 Å². The van der Waals surface area contributed by atoms with Gasteiger partial charge in [0.15, 0.2) is 0 Å². The molecule has 0 saturated carbocycles. The maximum atomic E-state index is 6.61. The van der Waals surface area contributed by atoms with Crippen molar-refractivity contribution in [3.8, 4) is 22.9 Å². The Bertz CT molecular complexity index is 1550. The van der Waals surface area contributed by atoms with E-state index >= 15 is 0 Å². The highest BCUT2D eigenvalue weighted by molar-refractivity contribution is 7.07. The van der Waals surface area contributed by atoms with Crippen molar-refractivity contribution in [2.75, 3.05) is 18.4 Å². The number of fused-ring (bicyclic) bond motifs is 1. The standard InChI is InChI=1S/C31H32N6OS/c1-21-12-13-25-22(6-2-8-24-19-39-20-35-24)7-3-10-26(25)29(21)38-30-27(11-5-16-33-30)28-14-17-34-31(37-28)36-23-9-4-15-32-18-23/h3,5,7,10-14,16-17,19-20,23,32H,2,4,6,8-9,15,18H2,1H3,(H,34,36,37)/t23-/m0/s1. The second-order valence-corrected chi connectivity index (χ2v) is 10.7. The first-order chi connectivity index (χ1) is 19.2. The normalized spacial score (nSPS) is 15.4. The minimum absolute atomic E-state index is 0.327. The zero-order valence-corrected chi connectivity index (χ0v) is 22.9. The van der Waals surface area contributed by atoms with Crippen molar-refractivity contribution in [3.05, 3.63) is 88.6 Å². The van der Waals surface area contributed by atoms with E-state index in [1.165, 1.54) is 16.6 Å². The molecule has 6 rings (SSSR count). The molecule has 2 N–H and O–H groups in total. The zero-order chi connectivity index (χ0) is 26.4. The fourth-order valence-corrected chi connectivity index (χ4v) is 5.77. The van der Waals surface area contributed by atoms with Crippen molar-refractivity contribution < 1.29 is 4.74 Å². The summed E-state index contributed by atoms with van der Waals surface area (Å²) in [5.74, 6) is 1.99. The van der Waals surface area contributed by atoms with Crippen LogP contribution in [0.15, 0.2) is 71.8 Å². The molecule has 4 heterocycles. The smallest absolute Gasteiger partial charge is 0.228 e. The molecule has 1 fully saturated rings. The lowest BCUT2D eigenvalue weighted by molar-refractivity contribution is 0.466. The van der Waals surface area contributed by atoms with Crippen molar-refractivity contribution in [2.24, 2.45) is 0 Å². The number of ether oxygens (including phenoxy) is 1. The molecule has 0 aliphatic carbocycles. The third-order valence-corrected chi connectivity index (χ3v) is 7.83. The maximum Gasteiger partial charge on any atom is 0.228 e. The molecule has 1 atom stereocenters. The van der Waals surface area contributed by atoms with Crippen LogP contribution in [0.25, 0.3) is 22.0 Å². The molecular weight excluding hydrogens is 504 g/mol. The number of piperidine rings is 1. The van der Waals surface area contributed by atoms with Crippen LogP contribution < -0.4 is 15.4 Å². The van der Waals surface area contributed by atoms with Gasteiger partial charge in [0, 0.05) is 35.7 Å². The van der Waals surface area contributed by atoms with E-state index in [1.807, 2.05) is 23.7 Å². The molecule has 2 aromatic carbocycles. The van der Waals surface area contributed by atoms with Gasteiger partial charge in [-0.05, 0) is 80.3 Å². The highest BCUT2D eigenvalue weighted by Crippen LogP contribution is 2.37. The van der Waals surface area contributed by atoms with Crippen LogP contribution in [-0.4, -0.2) is 39.1 Å². The first-order valence-electron chi connectivity index (χ1n) is 13.6. The Kier molecular flexibility index (Phi) is 7.74. The molecule has 0 spiro atoms. The Morgan fingerprint density at radius 3 is 2.85 bits per heavy atom. The second-order valence-electron chi connectivity index (χ2n) is 9.97. The summed E-state index contributed by atoms with van der Waals surface area (Å²) in [6.45, 7) is 4.07. The molecule has 3 aromatic heterocycles. The molecule has 39 heavy (non-hydrogen) atoms. The van der Waals surface area contributed by atoms with Gasteiger partial charge in [-0.15, -0.1) is 11.3 Å². The largest absolute Gasteiger partial charge is 0.437 e. The predicted molar refractivity (Wildman–Crippen MR) is 158 cm³/mol. The van der Waals surface area contributed by atoms with E-state index in [4.69, 9.17) is 9.72 Å². The van der Waals surface area contributed by atoms with Crippen LogP contribution in [0.5, 0.6) is 11.6 Å². The molecule has 0 radical (unpaired) electrons. The summed E-state index contributed by atoms with van der Waals surface area (Å²) in [7, 11) is 0. The summed E-state index contributed by atoms with van der Waals surface area (Å²) in [5.41, 5.74) is 7.06. The van der Waals surface area contributed by atoms with Gasteiger partial charge in [-0.3, -0.25) is 0 Å². The van der Waals surface area contributed by atoms with E-state index in [0.29, 0.717) is 17.9 Å². The van der Waals surface area contributed by atoms with Crippen molar-refractivity contribution in [3.63, 3.8) is 0 Å². The third-order valence-electron chi connectivity index (χ3n) is 7.19. The van der Waals surface area contributed by atoms with Crippen LogP contribution >= 0.6 is 11.3 Å². The number of thiazole rings is 1. The molecular formula is C31H32N6OS. The lowest BCUT2D eigenvalue weighted by atomic mass is 9.97. The van der Waals surface area contributed by atoms with Gasteiger partial charge in [0.25, 0.3) is 0 Å². The monoisotopic (exact) mass is 536 g/mol. The number of pyridine rings is 1. The van der Waals surface area contributed by atoms with E-state index in [1.54, 1.807) is 23.7 Å². The fourth-order valence-electron chi connectivity index (χ4n) is 5.18.